The zero-order valence-electron chi connectivity index (χ0n) is 87.4. The van der Waals surface area contributed by atoms with E-state index in [0.29, 0.717) is 44.9 Å². The van der Waals surface area contributed by atoms with Crippen molar-refractivity contribution in [2.75, 3.05) is 67.1 Å². The van der Waals surface area contributed by atoms with Gasteiger partial charge in [-0.3, -0.25) is 4.79 Å². The number of carbonyl (C=O) groups is 2. The molecule has 2 bridgehead atoms. The van der Waals surface area contributed by atoms with Crippen LogP contribution < -0.4 is 0 Å². The summed E-state index contributed by atoms with van der Waals surface area (Å²) in [6, 6.07) is 0. The molecular weight excluding hydrogens is 1900 g/mol. The lowest BCUT2D eigenvalue weighted by Crippen LogP contribution is -2.78. The van der Waals surface area contributed by atoms with Crippen molar-refractivity contribution in [3.63, 3.8) is 0 Å². The number of aliphatic carboxylic acids is 1. The lowest BCUT2D eigenvalue weighted by Gasteiger charge is -2.72. The Kier molecular flexibility index (Phi) is 37.4. The zero-order chi connectivity index (χ0) is 108. The molecule has 10 saturated heterocycles. The predicted molar refractivity (Wildman–Crippen MR) is 502 cm³/mol. The fraction of sp³-hybridized carbons (Fsp3) is 0.960. The van der Waals surface area contributed by atoms with E-state index in [0.717, 1.165) is 5.57 Å². The number of ether oxygens (including phenoxy) is 16. The van der Waals surface area contributed by atoms with E-state index >= 15 is 4.79 Å². The summed E-state index contributed by atoms with van der Waals surface area (Å²) in [7, 11) is 2.72. The summed E-state index contributed by atoms with van der Waals surface area (Å²) in [6.07, 6.45) is -45.7. The van der Waals surface area contributed by atoms with Gasteiger partial charge in [0.1, 0.15) is 176 Å². The van der Waals surface area contributed by atoms with E-state index in [9.17, 15) is 122 Å². The highest BCUT2D eigenvalue weighted by Gasteiger charge is 2.75. The predicted octanol–water partition coefficient (Wildman–Crippen LogP) is -2.86. The number of carboxylic acids is 1. The van der Waals surface area contributed by atoms with Gasteiger partial charge in [-0.2, -0.15) is 0 Å². The first-order chi connectivity index (χ1) is 66.6. The Morgan fingerprint density at radius 3 is 1.59 bits per heavy atom. The quantitative estimate of drug-likeness (QED) is 0.0431. The molecule has 5 saturated carbocycles. The van der Waals surface area contributed by atoms with Crippen LogP contribution in [0.3, 0.4) is 0 Å². The largest absolute Gasteiger partial charge is 0.479 e. The first-order valence-corrected chi connectivity index (χ1v) is 51.3. The Morgan fingerprint density at radius 2 is 1.03 bits per heavy atom. The highest BCUT2D eigenvalue weighted by atomic mass is 16.8. The lowest BCUT2D eigenvalue weighted by atomic mass is 9.33. The minimum Gasteiger partial charge on any atom is -0.479 e. The van der Waals surface area contributed by atoms with Crippen LogP contribution >= 0.6 is 0 Å². The number of carbonyl (C=O) groups excluding carboxylic acids is 1. The minimum atomic E-state index is -2.12. The van der Waals surface area contributed by atoms with Gasteiger partial charge < -0.3 is 203 Å². The first kappa shape index (κ1) is 120. The van der Waals surface area contributed by atoms with Gasteiger partial charge in [0, 0.05) is 38.6 Å². The number of carboxylic acid groups (broad SMARTS) is 1. The molecular formula is C101H174O43. The van der Waals surface area contributed by atoms with Crippen LogP contribution in [0.2, 0.25) is 0 Å². The van der Waals surface area contributed by atoms with Crippen LogP contribution in [-0.2, 0) is 85.4 Å². The van der Waals surface area contributed by atoms with Crippen LogP contribution in [-0.4, -0.2) is 463 Å². The Bertz CT molecular complexity index is 4210. The second-order valence-corrected chi connectivity index (χ2v) is 49.9. The zero-order valence-corrected chi connectivity index (χ0v) is 87.4. The van der Waals surface area contributed by atoms with Gasteiger partial charge in [-0.25, -0.2) is 4.79 Å². The van der Waals surface area contributed by atoms with Crippen molar-refractivity contribution in [3.8, 4) is 0 Å². The molecule has 0 aromatic carbocycles. The number of hydrogen-bond acceptors (Lipinski definition) is 42. The summed E-state index contributed by atoms with van der Waals surface area (Å²) >= 11 is 0. The number of aliphatic hydroxyl groups excluding tert-OH is 23. The van der Waals surface area contributed by atoms with Crippen molar-refractivity contribution in [3.05, 3.63) is 11.6 Å². The van der Waals surface area contributed by atoms with Crippen molar-refractivity contribution in [2.45, 2.75) is 465 Å². The van der Waals surface area contributed by atoms with Crippen LogP contribution in [0.5, 0.6) is 0 Å². The number of methoxy groups -OCH3 is 2. The van der Waals surface area contributed by atoms with Crippen LogP contribution in [0.15, 0.2) is 11.6 Å². The molecule has 0 aromatic rings. The minimum absolute atomic E-state index is 0.00734. The average molecular weight is 2080 g/mol. The maximum absolute atomic E-state index is 16.6. The topological polar surface area (TPSA) is 688 Å². The van der Waals surface area contributed by atoms with Crippen LogP contribution in [0.25, 0.3) is 0 Å². The number of fused-ring (bicyclic) bond motifs is 10. The normalized spacial score (nSPS) is 50.8. The van der Waals surface area contributed by atoms with Gasteiger partial charge >= 0.3 is 5.97 Å². The number of allylic oxidation sites excluding steroid dienone is 2. The third kappa shape index (κ3) is 22.2. The summed E-state index contributed by atoms with van der Waals surface area (Å²) in [5.74, 6) is -3.69. The fourth-order valence-electron chi connectivity index (χ4n) is 27.0. The van der Waals surface area contributed by atoms with E-state index in [-0.39, 0.29) is 91.4 Å². The molecule has 15 fully saturated rings. The summed E-state index contributed by atoms with van der Waals surface area (Å²) in [5, 5.41) is 264. The Morgan fingerprint density at radius 1 is 0.472 bits per heavy atom. The number of rotatable bonds is 20. The van der Waals surface area contributed by atoms with Crippen molar-refractivity contribution < 1.29 is 213 Å². The van der Waals surface area contributed by atoms with Gasteiger partial charge in [-0.15, -0.1) is 0 Å². The Labute approximate surface area is 842 Å². The number of Topliss-reactive ketones (excluding diaryl/α,β-unsaturated/α-hetero) is 1. The number of hydrogen-bond donors (Lipinski definition) is 25. The summed E-state index contributed by atoms with van der Waals surface area (Å²) < 4.78 is 97.5. The van der Waals surface area contributed by atoms with Crippen LogP contribution in [0.4, 0.5) is 0 Å². The van der Waals surface area contributed by atoms with E-state index in [1.54, 1.807) is 13.8 Å². The molecule has 0 spiro atoms. The van der Waals surface area contributed by atoms with E-state index in [4.69, 9.17) is 86.0 Å². The second-order valence-electron chi connectivity index (χ2n) is 49.9. The molecule has 144 heavy (non-hydrogen) atoms. The maximum Gasteiger partial charge on any atom is 0.335 e. The average Bonchev–Trinajstić information content (AvgIpc) is 0.701. The number of aliphatic hydroxyl groups is 24. The first-order valence-electron chi connectivity index (χ1n) is 51.3. The fourth-order valence-corrected chi connectivity index (χ4v) is 27.0. The van der Waals surface area contributed by atoms with Gasteiger partial charge in [-0.1, -0.05) is 136 Å². The third-order valence-corrected chi connectivity index (χ3v) is 35.9. The molecule has 43 heteroatoms. The summed E-state index contributed by atoms with van der Waals surface area (Å²) in [6.45, 7) is 36.9. The van der Waals surface area contributed by atoms with E-state index in [1.807, 2.05) is 90.0 Å². The molecule has 6 aliphatic carbocycles. The van der Waals surface area contributed by atoms with Crippen molar-refractivity contribution in [1.82, 2.24) is 0 Å². The van der Waals surface area contributed by atoms with E-state index in [2.05, 4.69) is 40.7 Å². The lowest BCUT2D eigenvalue weighted by molar-refractivity contribution is -0.410. The Hall–Kier alpha value is -2.72. The molecule has 25 N–H and O–H groups in total. The van der Waals surface area contributed by atoms with Crippen LogP contribution in [0.1, 0.15) is 209 Å². The van der Waals surface area contributed by atoms with Gasteiger partial charge in [0.2, 0.25) is 0 Å². The highest BCUT2D eigenvalue weighted by Crippen LogP contribution is 2.77. The Balaban J connectivity index is 0.000000369. The molecule has 28 unspecified atom stereocenters. The molecule has 16 rings (SSSR count). The molecule has 43 nitrogen and oxygen atoms in total. The standard InChI is InChI=1S/C73H118O30.C10H20O5.2C9H18O4/c1-30-52-48(85)57(101-64-51(88)55(92-13)53(31(2)96-64)99-63-50(87)54(91-12)36(77)28-94-63)60(95-30)73(103-52,66(3,4)5)25-41(79)72-21-20-67(6,7)23-34(72)33-14-15-39-68(8)18-17-42(69(9,29-75)38(68)16-19-70(39,10)71(33,11)24-40(72)78)98-65-59(97-37-22-32(26-74)43(80)46(83)45(37)82)56(49(86)58(102-65)61(89)90)100-62-47(84)44(81)35(76)27-93-62;1-10(2,3)9-8(14)7(13)6(12)5(4-11)15-9;1-8(2,3)7-6(11)9(12,4-10)5-13-7;1-9(2,3)8-7(12)6(11)5(10)4-13-8/h14,30-32,34-40,42-60,62-65,74-78,80-88H,15-29H2,1-13H3,(H,89,90);5-9,11-14H,4H2,1-3H3;6-7,10-12H,4-5H2,1-3H3;5-8,10-12H,4H2,1-3H3/t30?,31?,32?,34?,35-,36-,37-,38?,39?,40?,42?,43+,44?,45?,46?,47?,48?,49+,50?,51?,52+,53+,54?,55?,56?,57?,58?,59?,60-,62+,63+,64+,65-,68+,69+,70-,71-,72-,73?;5?,6-,7?,8?,9-;6-,7-,9?;5-,6?,7?,8-/m1111/s1. The maximum atomic E-state index is 16.6. The van der Waals surface area contributed by atoms with Gasteiger partial charge in [-0.05, 0) is 139 Å². The SMILES string of the molecule is CC(C)(C)[C@@H]1OC(CO)[C@@H](O)C(O)C1O.CC(C)(C)[C@@H]1OCC(O)(CO)[C@@H]1O.CC(C)(C)[C@@H]1OC[C@@H](O)C(O)C1O.COC1C(O)[C@H](OC2C(O)[C@H]3OC(CC(=O)[C@]45CCC(C)(C)CC4C4=CCC6[C@@]7(C)CCC(O[C@@H]8OC(C(=O)O)[C@@H](O)C(O[C@@H]9OC[C@@H](O)C(O)C9O)C8O[C@@H]8CC(CO)[C@H](O)C(O)C8O)[C@@](C)(CO)C7CC[C@@]6(C)[C@]4(C)CC5O)(C(C)(C)C)[C@@H]2OC3C)OC(C)[C@@H]1O[C@@H]1OC[C@@H](O)C(OC)C1O. The van der Waals surface area contributed by atoms with Crippen molar-refractivity contribution >= 4 is 11.8 Å². The molecule has 836 valence electrons. The molecule has 16 aliphatic rings. The van der Waals surface area contributed by atoms with Gasteiger partial charge in [0.05, 0.1) is 107 Å². The number of ketones is 1. The van der Waals surface area contributed by atoms with E-state index in [1.165, 1.54) is 14.2 Å². The summed E-state index contributed by atoms with van der Waals surface area (Å²) in [4.78, 5) is 29.7. The molecule has 51 atom stereocenters. The van der Waals surface area contributed by atoms with Crippen LogP contribution in [0, 0.1) is 77.8 Å². The van der Waals surface area contributed by atoms with Gasteiger partial charge in [0.15, 0.2) is 31.3 Å². The van der Waals surface area contributed by atoms with Crippen molar-refractivity contribution in [2.24, 2.45) is 77.8 Å². The second kappa shape index (κ2) is 44.9. The molecule has 0 amide bonds. The molecule has 10 heterocycles. The molecule has 0 radical (unpaired) electrons. The van der Waals surface area contributed by atoms with Gasteiger partial charge in [0.25, 0.3) is 0 Å². The van der Waals surface area contributed by atoms with E-state index < -0.39 is 333 Å². The molecule has 10 aliphatic heterocycles. The monoisotopic (exact) mass is 2080 g/mol. The summed E-state index contributed by atoms with van der Waals surface area (Å²) in [5.41, 5.74) is -8.06. The smallest absolute Gasteiger partial charge is 0.335 e. The van der Waals surface area contributed by atoms with Crippen molar-refractivity contribution in [1.29, 1.82) is 0 Å². The molecule has 0 aromatic heterocycles. The third-order valence-electron chi connectivity index (χ3n) is 35.9. The highest BCUT2D eigenvalue weighted by molar-refractivity contribution is 5.88.